The maximum Gasteiger partial charge on any atom is 0.132 e. The Hall–Kier alpha value is -1.16. The van der Waals surface area contributed by atoms with Crippen molar-refractivity contribution in [3.63, 3.8) is 0 Å². The Balaban J connectivity index is 2.13. The third-order valence-electron chi connectivity index (χ3n) is 2.74. The van der Waals surface area contributed by atoms with Gasteiger partial charge in [-0.2, -0.15) is 0 Å². The van der Waals surface area contributed by atoms with E-state index in [-0.39, 0.29) is 0 Å². The molecule has 0 radical (unpaired) electrons. The van der Waals surface area contributed by atoms with Crippen LogP contribution < -0.4 is 10.2 Å². The van der Waals surface area contributed by atoms with Gasteiger partial charge in [-0.1, -0.05) is 6.92 Å². The van der Waals surface area contributed by atoms with Crippen molar-refractivity contribution in [1.82, 2.24) is 15.3 Å². The minimum absolute atomic E-state index is 0.592. The van der Waals surface area contributed by atoms with E-state index in [1.165, 1.54) is 0 Å². The van der Waals surface area contributed by atoms with Crippen LogP contribution in [0.2, 0.25) is 0 Å². The van der Waals surface area contributed by atoms with Crippen molar-refractivity contribution in [2.75, 3.05) is 25.0 Å². The summed E-state index contributed by atoms with van der Waals surface area (Å²) < 4.78 is 0. The first-order valence-corrected chi connectivity index (χ1v) is 5.05. The largest absolute Gasteiger partial charge is 0.354 e. The van der Waals surface area contributed by atoms with E-state index in [0.717, 1.165) is 31.0 Å². The van der Waals surface area contributed by atoms with E-state index >= 15 is 0 Å². The van der Waals surface area contributed by atoms with Crippen molar-refractivity contribution in [3.05, 3.63) is 18.1 Å². The van der Waals surface area contributed by atoms with E-state index in [1.54, 1.807) is 6.33 Å². The second-order valence-electron chi connectivity index (χ2n) is 3.64. The molecule has 0 spiro atoms. The van der Waals surface area contributed by atoms with Crippen LogP contribution in [0.5, 0.6) is 0 Å². The van der Waals surface area contributed by atoms with Gasteiger partial charge in [-0.05, 0) is 6.42 Å². The summed E-state index contributed by atoms with van der Waals surface area (Å²) in [5.41, 5.74) is 1.11. The number of likely N-dealkylation sites (N-methyl/N-ethyl adjacent to an activating group) is 1. The molecule has 0 saturated carbocycles. The van der Waals surface area contributed by atoms with Crippen LogP contribution in [0.25, 0.3) is 0 Å². The monoisotopic (exact) mass is 192 g/mol. The summed E-state index contributed by atoms with van der Waals surface area (Å²) in [7, 11) is 2.09. The summed E-state index contributed by atoms with van der Waals surface area (Å²) in [6.45, 7) is 4.22. The number of hydrogen-bond donors (Lipinski definition) is 1. The quantitative estimate of drug-likeness (QED) is 0.755. The standard InChI is InChI=1S/C10H16N4/c1-3-8-4-10(13-7-12-8)14(2)9-5-11-6-9/h4,7,9,11H,3,5-6H2,1-2H3. The second kappa shape index (κ2) is 3.92. The van der Waals surface area contributed by atoms with Crippen LogP contribution in [0.3, 0.4) is 0 Å². The van der Waals surface area contributed by atoms with Crippen LogP contribution in [0.15, 0.2) is 12.4 Å². The van der Waals surface area contributed by atoms with Gasteiger partial charge in [0.25, 0.3) is 0 Å². The van der Waals surface area contributed by atoms with Crippen molar-refractivity contribution >= 4 is 5.82 Å². The number of nitrogens with zero attached hydrogens (tertiary/aromatic N) is 3. The van der Waals surface area contributed by atoms with Crippen LogP contribution >= 0.6 is 0 Å². The normalized spacial score (nSPS) is 16.4. The third-order valence-corrected chi connectivity index (χ3v) is 2.74. The fourth-order valence-electron chi connectivity index (χ4n) is 1.51. The molecule has 2 rings (SSSR count). The van der Waals surface area contributed by atoms with E-state index in [4.69, 9.17) is 0 Å². The average molecular weight is 192 g/mol. The molecule has 0 aromatic carbocycles. The number of aryl methyl sites for hydroxylation is 1. The van der Waals surface area contributed by atoms with Gasteiger partial charge in [0.1, 0.15) is 12.1 Å². The highest BCUT2D eigenvalue weighted by Gasteiger charge is 2.22. The molecular formula is C10H16N4. The summed E-state index contributed by atoms with van der Waals surface area (Å²) >= 11 is 0. The zero-order valence-corrected chi connectivity index (χ0v) is 8.70. The Labute approximate surface area is 84.4 Å². The SMILES string of the molecule is CCc1cc(N(C)C2CNC2)ncn1. The Morgan fingerprint density at radius 3 is 2.86 bits per heavy atom. The maximum absolute atomic E-state index is 4.28. The van der Waals surface area contributed by atoms with Gasteiger partial charge in [-0.15, -0.1) is 0 Å². The Morgan fingerprint density at radius 1 is 1.50 bits per heavy atom. The summed E-state index contributed by atoms with van der Waals surface area (Å²) in [6, 6.07) is 2.66. The number of hydrogen-bond acceptors (Lipinski definition) is 4. The predicted molar refractivity (Wildman–Crippen MR) is 56.5 cm³/mol. The lowest BCUT2D eigenvalue weighted by Gasteiger charge is -2.36. The first-order chi connectivity index (χ1) is 6.81. The molecule has 0 unspecified atom stereocenters. The van der Waals surface area contributed by atoms with Crippen LogP contribution in [0.4, 0.5) is 5.82 Å². The first kappa shape index (κ1) is 9.40. The third kappa shape index (κ3) is 1.70. The smallest absolute Gasteiger partial charge is 0.132 e. The number of rotatable bonds is 3. The summed E-state index contributed by atoms with van der Waals surface area (Å²) in [6.07, 6.45) is 2.61. The number of nitrogens with one attached hydrogen (secondary N) is 1. The molecule has 1 N–H and O–H groups in total. The average Bonchev–Trinajstić information content (AvgIpc) is 2.15. The molecule has 0 aliphatic carbocycles. The van der Waals surface area contributed by atoms with Crippen molar-refractivity contribution in [2.24, 2.45) is 0 Å². The molecule has 1 aliphatic rings. The van der Waals surface area contributed by atoms with Gasteiger partial charge in [0.15, 0.2) is 0 Å². The Bertz CT molecular complexity index is 309. The predicted octanol–water partition coefficient (Wildman–Crippen LogP) is 0.447. The summed E-state index contributed by atoms with van der Waals surface area (Å²) in [4.78, 5) is 10.7. The van der Waals surface area contributed by atoms with Gasteiger partial charge in [-0.25, -0.2) is 9.97 Å². The molecule has 0 amide bonds. The van der Waals surface area contributed by atoms with E-state index in [0.29, 0.717) is 6.04 Å². The highest BCUT2D eigenvalue weighted by Crippen LogP contribution is 2.14. The first-order valence-electron chi connectivity index (χ1n) is 5.05. The lowest BCUT2D eigenvalue weighted by molar-refractivity contribution is 0.426. The minimum Gasteiger partial charge on any atom is -0.354 e. The molecule has 1 saturated heterocycles. The molecule has 0 bridgehead atoms. The van der Waals surface area contributed by atoms with E-state index in [2.05, 4.69) is 40.2 Å². The molecular weight excluding hydrogens is 176 g/mol. The Morgan fingerprint density at radius 2 is 2.29 bits per heavy atom. The van der Waals surface area contributed by atoms with Gasteiger partial charge in [0, 0.05) is 31.9 Å². The van der Waals surface area contributed by atoms with Gasteiger partial charge in [0.2, 0.25) is 0 Å². The molecule has 14 heavy (non-hydrogen) atoms. The van der Waals surface area contributed by atoms with Crippen LogP contribution in [-0.4, -0.2) is 36.1 Å². The highest BCUT2D eigenvalue weighted by molar-refractivity contribution is 5.40. The molecule has 76 valence electrons. The Kier molecular flexibility index (Phi) is 2.63. The lowest BCUT2D eigenvalue weighted by atomic mass is 10.1. The van der Waals surface area contributed by atoms with Crippen molar-refractivity contribution < 1.29 is 0 Å². The number of anilines is 1. The van der Waals surface area contributed by atoms with Gasteiger partial charge in [-0.3, -0.25) is 0 Å². The van der Waals surface area contributed by atoms with Gasteiger partial charge in [0.05, 0.1) is 6.04 Å². The van der Waals surface area contributed by atoms with Crippen LogP contribution in [-0.2, 0) is 6.42 Å². The zero-order valence-electron chi connectivity index (χ0n) is 8.70. The highest BCUT2D eigenvalue weighted by atomic mass is 15.3. The van der Waals surface area contributed by atoms with Gasteiger partial charge >= 0.3 is 0 Å². The van der Waals surface area contributed by atoms with Crippen molar-refractivity contribution in [3.8, 4) is 0 Å². The van der Waals surface area contributed by atoms with Crippen LogP contribution in [0, 0.1) is 0 Å². The summed E-state index contributed by atoms with van der Waals surface area (Å²) in [5, 5.41) is 3.26. The van der Waals surface area contributed by atoms with E-state index in [1.807, 2.05) is 0 Å². The fourth-order valence-corrected chi connectivity index (χ4v) is 1.51. The zero-order chi connectivity index (χ0) is 9.97. The fraction of sp³-hybridized carbons (Fsp3) is 0.600. The minimum atomic E-state index is 0.592. The maximum atomic E-state index is 4.28. The molecule has 4 nitrogen and oxygen atoms in total. The van der Waals surface area contributed by atoms with Crippen molar-refractivity contribution in [1.29, 1.82) is 0 Å². The second-order valence-corrected chi connectivity index (χ2v) is 3.64. The summed E-state index contributed by atoms with van der Waals surface area (Å²) in [5.74, 6) is 1.03. The molecule has 1 aromatic heterocycles. The lowest BCUT2D eigenvalue weighted by Crippen LogP contribution is -2.56. The molecule has 1 fully saturated rings. The molecule has 1 aromatic rings. The van der Waals surface area contributed by atoms with E-state index in [9.17, 15) is 0 Å². The molecule has 1 aliphatic heterocycles. The van der Waals surface area contributed by atoms with Gasteiger partial charge < -0.3 is 10.2 Å². The molecule has 4 heteroatoms. The van der Waals surface area contributed by atoms with E-state index < -0.39 is 0 Å². The topological polar surface area (TPSA) is 41.0 Å². The molecule has 2 heterocycles. The van der Waals surface area contributed by atoms with Crippen LogP contribution in [0.1, 0.15) is 12.6 Å². The molecule has 0 atom stereocenters. The van der Waals surface area contributed by atoms with Crippen molar-refractivity contribution in [2.45, 2.75) is 19.4 Å². The number of aromatic nitrogens is 2.